The first kappa shape index (κ1) is 16.3. The van der Waals surface area contributed by atoms with Crippen molar-refractivity contribution in [2.75, 3.05) is 20.3 Å². The zero-order valence-electron chi connectivity index (χ0n) is 13.8. The third kappa shape index (κ3) is 3.51. The van der Waals surface area contributed by atoms with E-state index >= 15 is 0 Å². The molecule has 2 aromatic rings. The lowest BCUT2D eigenvalue weighted by Gasteiger charge is -2.34. The summed E-state index contributed by atoms with van der Waals surface area (Å²) < 4.78 is 11.1. The lowest BCUT2D eigenvalue weighted by atomic mass is 9.93. The maximum absolute atomic E-state index is 11.8. The number of fused-ring (bicyclic) bond motifs is 1. The highest BCUT2D eigenvalue weighted by molar-refractivity contribution is 5.80. The molecule has 0 fully saturated rings. The van der Waals surface area contributed by atoms with E-state index in [2.05, 4.69) is 17.0 Å². The highest BCUT2D eigenvalue weighted by Gasteiger charge is 2.29. The molecular weight excluding hydrogens is 304 g/mol. The van der Waals surface area contributed by atoms with Gasteiger partial charge in [-0.05, 0) is 29.7 Å². The molecule has 3 rings (SSSR count). The van der Waals surface area contributed by atoms with Crippen LogP contribution in [0.4, 0.5) is 0 Å². The van der Waals surface area contributed by atoms with Gasteiger partial charge in [-0.25, -0.2) is 0 Å². The molecule has 0 bridgehead atoms. The average molecular weight is 326 g/mol. The number of methoxy groups -OCH3 is 1. The maximum atomic E-state index is 11.8. The molecule has 0 saturated heterocycles. The van der Waals surface area contributed by atoms with Gasteiger partial charge in [0.1, 0.15) is 6.61 Å². The fraction of sp³-hybridized carbons (Fsp3) is 0.316. The molecule has 2 aromatic carbocycles. The summed E-state index contributed by atoms with van der Waals surface area (Å²) in [6, 6.07) is 15.4. The normalized spacial score (nSPS) is 17.1. The number of rotatable bonds is 6. The SMILES string of the molecule is COc1ccccc1OCCN1Cc2ccccc2C[C@H]1C(N)=O. The summed E-state index contributed by atoms with van der Waals surface area (Å²) in [5.74, 6) is 1.11. The van der Waals surface area contributed by atoms with Crippen LogP contribution in [0, 0.1) is 0 Å². The van der Waals surface area contributed by atoms with Crippen molar-refractivity contribution in [2.45, 2.75) is 19.0 Å². The van der Waals surface area contributed by atoms with Crippen LogP contribution in [0.2, 0.25) is 0 Å². The second-order valence-electron chi connectivity index (χ2n) is 5.86. The summed E-state index contributed by atoms with van der Waals surface area (Å²) in [5, 5.41) is 0. The second-order valence-corrected chi connectivity index (χ2v) is 5.86. The first-order valence-electron chi connectivity index (χ1n) is 8.05. The van der Waals surface area contributed by atoms with Crippen LogP contribution in [0.25, 0.3) is 0 Å². The molecule has 2 N–H and O–H groups in total. The van der Waals surface area contributed by atoms with E-state index in [-0.39, 0.29) is 11.9 Å². The van der Waals surface area contributed by atoms with E-state index in [4.69, 9.17) is 15.2 Å². The first-order chi connectivity index (χ1) is 11.7. The number of ether oxygens (including phenoxy) is 2. The highest BCUT2D eigenvalue weighted by atomic mass is 16.5. The van der Waals surface area contributed by atoms with Crippen molar-refractivity contribution in [3.8, 4) is 11.5 Å². The molecule has 126 valence electrons. The van der Waals surface area contributed by atoms with E-state index in [1.54, 1.807) is 7.11 Å². The van der Waals surface area contributed by atoms with E-state index in [0.717, 1.165) is 0 Å². The molecule has 0 aliphatic carbocycles. The fourth-order valence-electron chi connectivity index (χ4n) is 3.10. The number of hydrogen-bond donors (Lipinski definition) is 1. The van der Waals surface area contributed by atoms with E-state index in [1.165, 1.54) is 11.1 Å². The van der Waals surface area contributed by atoms with E-state index in [0.29, 0.717) is 37.6 Å². The van der Waals surface area contributed by atoms with Crippen LogP contribution in [0.1, 0.15) is 11.1 Å². The molecule has 0 spiro atoms. The Morgan fingerprint density at radius 2 is 1.79 bits per heavy atom. The van der Waals surface area contributed by atoms with Gasteiger partial charge in [0.05, 0.1) is 13.2 Å². The smallest absolute Gasteiger partial charge is 0.235 e. The zero-order chi connectivity index (χ0) is 16.9. The van der Waals surface area contributed by atoms with Crippen LogP contribution in [0.15, 0.2) is 48.5 Å². The number of primary amides is 1. The van der Waals surface area contributed by atoms with Gasteiger partial charge in [-0.15, -0.1) is 0 Å². The number of nitrogens with zero attached hydrogens (tertiary/aromatic N) is 1. The molecule has 0 saturated carbocycles. The Kier molecular flexibility index (Phi) is 5.01. The van der Waals surface area contributed by atoms with Crippen LogP contribution in [-0.2, 0) is 17.8 Å². The Balaban J connectivity index is 1.66. The number of carbonyl (C=O) groups is 1. The van der Waals surface area contributed by atoms with Gasteiger partial charge in [0.25, 0.3) is 0 Å². The van der Waals surface area contributed by atoms with E-state index in [9.17, 15) is 4.79 Å². The standard InChI is InChI=1S/C19H22N2O3/c1-23-17-8-4-5-9-18(17)24-11-10-21-13-15-7-3-2-6-14(15)12-16(21)19(20)22/h2-9,16H,10-13H2,1H3,(H2,20,22)/t16-/m0/s1. The van der Waals surface area contributed by atoms with Gasteiger partial charge in [0.15, 0.2) is 11.5 Å². The lowest BCUT2D eigenvalue weighted by Crippen LogP contribution is -2.49. The Labute approximate surface area is 142 Å². The summed E-state index contributed by atoms with van der Waals surface area (Å²) in [7, 11) is 1.62. The van der Waals surface area contributed by atoms with Gasteiger partial charge in [-0.1, -0.05) is 36.4 Å². The molecule has 5 nitrogen and oxygen atoms in total. The van der Waals surface area contributed by atoms with Gasteiger partial charge in [0.2, 0.25) is 5.91 Å². The Morgan fingerprint density at radius 1 is 1.12 bits per heavy atom. The van der Waals surface area contributed by atoms with Gasteiger partial charge in [0, 0.05) is 13.1 Å². The monoisotopic (exact) mass is 326 g/mol. The number of para-hydroxylation sites is 2. The molecule has 5 heteroatoms. The minimum absolute atomic E-state index is 0.290. The van der Waals surface area contributed by atoms with Crippen molar-refractivity contribution < 1.29 is 14.3 Å². The highest BCUT2D eigenvalue weighted by Crippen LogP contribution is 2.26. The van der Waals surface area contributed by atoms with Crippen LogP contribution in [-0.4, -0.2) is 37.1 Å². The van der Waals surface area contributed by atoms with Crippen molar-refractivity contribution in [3.63, 3.8) is 0 Å². The third-order valence-corrected chi connectivity index (χ3v) is 4.38. The molecule has 1 heterocycles. The molecule has 1 amide bonds. The topological polar surface area (TPSA) is 64.8 Å². The molecule has 1 aliphatic rings. The van der Waals surface area contributed by atoms with Crippen molar-refractivity contribution in [1.82, 2.24) is 4.90 Å². The van der Waals surface area contributed by atoms with Crippen LogP contribution in [0.5, 0.6) is 11.5 Å². The molecule has 1 atom stereocenters. The Bertz CT molecular complexity index is 717. The summed E-state index contributed by atoms with van der Waals surface area (Å²) >= 11 is 0. The second kappa shape index (κ2) is 7.36. The van der Waals surface area contributed by atoms with Crippen LogP contribution < -0.4 is 15.2 Å². The van der Waals surface area contributed by atoms with Crippen molar-refractivity contribution >= 4 is 5.91 Å². The number of benzene rings is 2. The molecule has 0 aromatic heterocycles. The van der Waals surface area contributed by atoms with Gasteiger partial charge in [-0.2, -0.15) is 0 Å². The molecule has 0 unspecified atom stereocenters. The maximum Gasteiger partial charge on any atom is 0.235 e. The largest absolute Gasteiger partial charge is 0.493 e. The molecule has 0 radical (unpaired) electrons. The predicted octanol–water partition coefficient (Wildman–Crippen LogP) is 1.99. The summed E-state index contributed by atoms with van der Waals surface area (Å²) in [5.41, 5.74) is 8.04. The number of amides is 1. The number of nitrogens with two attached hydrogens (primary N) is 1. The lowest BCUT2D eigenvalue weighted by molar-refractivity contribution is -0.124. The first-order valence-corrected chi connectivity index (χ1v) is 8.05. The number of carbonyl (C=O) groups excluding carboxylic acids is 1. The summed E-state index contributed by atoms with van der Waals surface area (Å²) in [6.07, 6.45) is 0.653. The Morgan fingerprint density at radius 3 is 2.50 bits per heavy atom. The average Bonchev–Trinajstić information content (AvgIpc) is 2.61. The summed E-state index contributed by atoms with van der Waals surface area (Å²) in [4.78, 5) is 13.9. The van der Waals surface area contributed by atoms with E-state index < -0.39 is 0 Å². The van der Waals surface area contributed by atoms with Gasteiger partial charge >= 0.3 is 0 Å². The predicted molar refractivity (Wildman–Crippen MR) is 92.0 cm³/mol. The number of hydrogen-bond acceptors (Lipinski definition) is 4. The minimum Gasteiger partial charge on any atom is -0.493 e. The van der Waals surface area contributed by atoms with Crippen molar-refractivity contribution in [1.29, 1.82) is 0 Å². The van der Waals surface area contributed by atoms with Gasteiger partial charge in [-0.3, -0.25) is 9.69 Å². The Hall–Kier alpha value is -2.53. The third-order valence-electron chi connectivity index (χ3n) is 4.38. The van der Waals surface area contributed by atoms with Crippen molar-refractivity contribution in [2.24, 2.45) is 5.73 Å². The molecule has 1 aliphatic heterocycles. The van der Waals surface area contributed by atoms with Crippen LogP contribution >= 0.6 is 0 Å². The molecular formula is C19H22N2O3. The van der Waals surface area contributed by atoms with Crippen molar-refractivity contribution in [3.05, 3.63) is 59.7 Å². The van der Waals surface area contributed by atoms with Crippen LogP contribution in [0.3, 0.4) is 0 Å². The molecule has 24 heavy (non-hydrogen) atoms. The van der Waals surface area contributed by atoms with E-state index in [1.807, 2.05) is 36.4 Å². The minimum atomic E-state index is -0.291. The fourth-order valence-corrected chi connectivity index (χ4v) is 3.10. The zero-order valence-corrected chi connectivity index (χ0v) is 13.8. The quantitative estimate of drug-likeness (QED) is 0.882. The van der Waals surface area contributed by atoms with Gasteiger partial charge < -0.3 is 15.2 Å². The summed E-state index contributed by atoms with van der Waals surface area (Å²) in [6.45, 7) is 1.80.